The molecule has 100 valence electrons. The van der Waals surface area contributed by atoms with Gasteiger partial charge in [-0.15, -0.1) is 0 Å². The van der Waals surface area contributed by atoms with E-state index in [0.29, 0.717) is 5.88 Å². The molecule has 5 nitrogen and oxygen atoms in total. The van der Waals surface area contributed by atoms with E-state index in [2.05, 4.69) is 9.71 Å². The molecule has 0 radical (unpaired) electrons. The molecular formula is C13H14N2O3S. The number of hydrogen-bond acceptors (Lipinski definition) is 4. The van der Waals surface area contributed by atoms with Gasteiger partial charge in [0.2, 0.25) is 15.9 Å². The van der Waals surface area contributed by atoms with E-state index in [1.165, 1.54) is 25.4 Å². The van der Waals surface area contributed by atoms with E-state index in [4.69, 9.17) is 4.74 Å². The Labute approximate surface area is 112 Å². The van der Waals surface area contributed by atoms with Gasteiger partial charge in [-0.05, 0) is 11.6 Å². The molecule has 0 aliphatic rings. The monoisotopic (exact) mass is 278 g/mol. The molecule has 19 heavy (non-hydrogen) atoms. The van der Waals surface area contributed by atoms with E-state index in [0.717, 1.165) is 5.56 Å². The van der Waals surface area contributed by atoms with Crippen molar-refractivity contribution in [1.29, 1.82) is 0 Å². The van der Waals surface area contributed by atoms with Crippen LogP contribution in [0.3, 0.4) is 0 Å². The van der Waals surface area contributed by atoms with Crippen molar-refractivity contribution in [3.8, 4) is 5.88 Å². The van der Waals surface area contributed by atoms with Gasteiger partial charge >= 0.3 is 0 Å². The third-order valence-electron chi connectivity index (χ3n) is 2.54. The minimum Gasteiger partial charge on any atom is -0.481 e. The van der Waals surface area contributed by atoms with Gasteiger partial charge in [-0.25, -0.2) is 18.1 Å². The third-order valence-corrected chi connectivity index (χ3v) is 3.92. The largest absolute Gasteiger partial charge is 0.481 e. The molecule has 1 aromatic heterocycles. The first-order valence-electron chi connectivity index (χ1n) is 5.65. The van der Waals surface area contributed by atoms with Crippen LogP contribution in [-0.2, 0) is 16.6 Å². The van der Waals surface area contributed by atoms with Crippen molar-refractivity contribution in [3.63, 3.8) is 0 Å². The van der Waals surface area contributed by atoms with Gasteiger partial charge in [0.25, 0.3) is 0 Å². The molecule has 1 aromatic carbocycles. The summed E-state index contributed by atoms with van der Waals surface area (Å²) >= 11 is 0. The zero-order chi connectivity index (χ0) is 13.7. The van der Waals surface area contributed by atoms with Crippen LogP contribution in [0.4, 0.5) is 0 Å². The van der Waals surface area contributed by atoms with Crippen molar-refractivity contribution >= 4 is 10.0 Å². The number of hydrogen-bond donors (Lipinski definition) is 1. The van der Waals surface area contributed by atoms with Crippen molar-refractivity contribution in [3.05, 3.63) is 54.2 Å². The van der Waals surface area contributed by atoms with Crippen LogP contribution < -0.4 is 9.46 Å². The van der Waals surface area contributed by atoms with Gasteiger partial charge in [0.1, 0.15) is 4.90 Å². The van der Waals surface area contributed by atoms with Crippen LogP contribution in [0.5, 0.6) is 5.88 Å². The fourth-order valence-corrected chi connectivity index (χ4v) is 2.47. The lowest BCUT2D eigenvalue weighted by Crippen LogP contribution is -2.23. The lowest BCUT2D eigenvalue weighted by molar-refractivity contribution is 0.397. The molecule has 0 unspecified atom stereocenters. The van der Waals surface area contributed by atoms with E-state index in [-0.39, 0.29) is 11.4 Å². The number of benzene rings is 1. The predicted molar refractivity (Wildman–Crippen MR) is 71.3 cm³/mol. The van der Waals surface area contributed by atoms with Crippen molar-refractivity contribution < 1.29 is 13.2 Å². The minimum absolute atomic E-state index is 0.115. The average molecular weight is 278 g/mol. The van der Waals surface area contributed by atoms with Gasteiger partial charge in [-0.3, -0.25) is 0 Å². The SMILES string of the molecule is COc1ccc(S(=O)(=O)NCc2ccccc2)cn1. The molecule has 2 aromatic rings. The Morgan fingerprint density at radius 1 is 1.16 bits per heavy atom. The number of pyridine rings is 1. The number of nitrogens with zero attached hydrogens (tertiary/aromatic N) is 1. The summed E-state index contributed by atoms with van der Waals surface area (Å²) in [4.78, 5) is 3.99. The van der Waals surface area contributed by atoms with E-state index in [1.807, 2.05) is 30.3 Å². The van der Waals surface area contributed by atoms with Crippen molar-refractivity contribution in [2.75, 3.05) is 7.11 Å². The van der Waals surface area contributed by atoms with Gasteiger partial charge < -0.3 is 4.74 Å². The smallest absolute Gasteiger partial charge is 0.242 e. The molecule has 6 heteroatoms. The predicted octanol–water partition coefficient (Wildman–Crippen LogP) is 1.57. The quantitative estimate of drug-likeness (QED) is 0.901. The van der Waals surface area contributed by atoms with Gasteiger partial charge in [0, 0.05) is 12.6 Å². The molecule has 1 heterocycles. The van der Waals surface area contributed by atoms with Crippen LogP contribution in [0.25, 0.3) is 0 Å². The first kappa shape index (κ1) is 13.5. The zero-order valence-electron chi connectivity index (χ0n) is 10.4. The molecule has 0 aliphatic carbocycles. The fraction of sp³-hybridized carbons (Fsp3) is 0.154. The summed E-state index contributed by atoms with van der Waals surface area (Å²) < 4.78 is 31.4. The first-order valence-corrected chi connectivity index (χ1v) is 7.14. The normalized spacial score (nSPS) is 11.2. The van der Waals surface area contributed by atoms with Crippen LogP contribution in [0.2, 0.25) is 0 Å². The lowest BCUT2D eigenvalue weighted by atomic mass is 10.2. The summed E-state index contributed by atoms with van der Waals surface area (Å²) in [6, 6.07) is 12.3. The highest BCUT2D eigenvalue weighted by molar-refractivity contribution is 7.89. The van der Waals surface area contributed by atoms with Crippen molar-refractivity contribution in [2.45, 2.75) is 11.4 Å². The summed E-state index contributed by atoms with van der Waals surface area (Å²) in [5.74, 6) is 0.377. The highest BCUT2D eigenvalue weighted by atomic mass is 32.2. The molecular weight excluding hydrogens is 264 g/mol. The van der Waals surface area contributed by atoms with Gasteiger partial charge in [0.05, 0.1) is 13.3 Å². The van der Waals surface area contributed by atoms with E-state index in [9.17, 15) is 8.42 Å². The van der Waals surface area contributed by atoms with Gasteiger partial charge in [-0.1, -0.05) is 30.3 Å². The van der Waals surface area contributed by atoms with E-state index < -0.39 is 10.0 Å². The van der Waals surface area contributed by atoms with Gasteiger partial charge in [0.15, 0.2) is 0 Å². The molecule has 0 saturated heterocycles. The maximum Gasteiger partial charge on any atom is 0.242 e. The van der Waals surface area contributed by atoms with E-state index >= 15 is 0 Å². The standard InChI is InChI=1S/C13H14N2O3S/c1-18-13-8-7-12(10-14-13)19(16,17)15-9-11-5-3-2-4-6-11/h2-8,10,15H,9H2,1H3. The average Bonchev–Trinajstić information content (AvgIpc) is 2.46. The van der Waals surface area contributed by atoms with Crippen molar-refractivity contribution in [2.24, 2.45) is 0 Å². The zero-order valence-corrected chi connectivity index (χ0v) is 11.2. The second-order valence-electron chi connectivity index (χ2n) is 3.85. The van der Waals surface area contributed by atoms with Crippen LogP contribution in [-0.4, -0.2) is 20.5 Å². The Kier molecular flexibility index (Phi) is 4.13. The lowest BCUT2D eigenvalue weighted by Gasteiger charge is -2.07. The number of methoxy groups -OCH3 is 1. The third kappa shape index (κ3) is 3.52. The fourth-order valence-electron chi connectivity index (χ4n) is 1.50. The molecule has 0 saturated carbocycles. The van der Waals surface area contributed by atoms with Crippen LogP contribution in [0, 0.1) is 0 Å². The number of aromatic nitrogens is 1. The summed E-state index contributed by atoms with van der Waals surface area (Å²) in [7, 11) is -2.08. The Bertz CT molecular complexity index is 625. The maximum atomic E-state index is 12.0. The summed E-state index contributed by atoms with van der Waals surface area (Å²) in [5, 5.41) is 0. The number of ether oxygens (including phenoxy) is 1. The second kappa shape index (κ2) is 5.81. The summed E-state index contributed by atoms with van der Waals surface area (Å²) in [6.07, 6.45) is 1.27. The highest BCUT2D eigenvalue weighted by Crippen LogP contribution is 2.12. The molecule has 0 fully saturated rings. The Morgan fingerprint density at radius 2 is 1.89 bits per heavy atom. The molecule has 2 rings (SSSR count). The number of rotatable bonds is 5. The van der Waals surface area contributed by atoms with Crippen LogP contribution >= 0.6 is 0 Å². The maximum absolute atomic E-state index is 12.0. The Hall–Kier alpha value is -1.92. The topological polar surface area (TPSA) is 68.3 Å². The molecule has 0 spiro atoms. The molecule has 0 atom stereocenters. The van der Waals surface area contributed by atoms with Crippen molar-refractivity contribution in [1.82, 2.24) is 9.71 Å². The van der Waals surface area contributed by atoms with Crippen LogP contribution in [0.1, 0.15) is 5.56 Å². The summed E-state index contributed by atoms with van der Waals surface area (Å²) in [6.45, 7) is 0.245. The molecule has 0 bridgehead atoms. The molecule has 0 amide bonds. The second-order valence-corrected chi connectivity index (χ2v) is 5.61. The van der Waals surface area contributed by atoms with E-state index in [1.54, 1.807) is 0 Å². The Balaban J connectivity index is 2.09. The number of nitrogens with one attached hydrogen (secondary N) is 1. The Morgan fingerprint density at radius 3 is 2.47 bits per heavy atom. The molecule has 0 aliphatic heterocycles. The minimum atomic E-state index is -3.55. The number of sulfonamides is 1. The van der Waals surface area contributed by atoms with Gasteiger partial charge in [-0.2, -0.15) is 0 Å². The highest BCUT2D eigenvalue weighted by Gasteiger charge is 2.14. The summed E-state index contributed by atoms with van der Waals surface area (Å²) in [5.41, 5.74) is 0.896. The van der Waals surface area contributed by atoms with Crippen LogP contribution in [0.15, 0.2) is 53.6 Å². The first-order chi connectivity index (χ1) is 9.12. The molecule has 1 N–H and O–H groups in total.